The van der Waals surface area contributed by atoms with E-state index in [1.807, 2.05) is 73.8 Å². The summed E-state index contributed by atoms with van der Waals surface area (Å²) in [4.78, 5) is 18.9. The lowest BCUT2D eigenvalue weighted by molar-refractivity contribution is 0.0773. The maximum atomic E-state index is 12.6. The van der Waals surface area contributed by atoms with Gasteiger partial charge in [-0.2, -0.15) is 0 Å². The Bertz CT molecular complexity index is 872. The molecule has 0 saturated carbocycles. The Kier molecular flexibility index (Phi) is 5.81. The number of carbonyl (C=O) groups is 1. The molecular weight excluding hydrogens is 344 g/mol. The summed E-state index contributed by atoms with van der Waals surface area (Å²) in [6.07, 6.45) is -0.740. The molecule has 26 heavy (non-hydrogen) atoms. The van der Waals surface area contributed by atoms with Crippen LogP contribution < -0.4 is 0 Å². The van der Waals surface area contributed by atoms with Gasteiger partial charge in [0.25, 0.3) is 5.91 Å². The molecule has 0 spiro atoms. The fourth-order valence-corrected chi connectivity index (χ4v) is 3.67. The maximum absolute atomic E-state index is 12.6. The molecule has 1 amide bonds. The molecule has 0 saturated heterocycles. The molecule has 0 aliphatic rings. The number of benzene rings is 2. The van der Waals surface area contributed by atoms with Crippen molar-refractivity contribution in [3.05, 3.63) is 76.1 Å². The standard InChI is InChI=1S/C21H22N2O2S/c1-3-23(4-2)21(25)17-12-8-11-16(13-17)18-14-26-20(22-18)19(24)15-9-6-5-7-10-15/h5-14,19,24H,3-4H2,1-2H3. The first-order chi connectivity index (χ1) is 12.6. The van der Waals surface area contributed by atoms with E-state index in [0.29, 0.717) is 23.7 Å². The second-order valence-electron chi connectivity index (χ2n) is 5.94. The Labute approximate surface area is 157 Å². The monoisotopic (exact) mass is 366 g/mol. The molecule has 5 heteroatoms. The number of nitrogens with zero attached hydrogens (tertiary/aromatic N) is 2. The second-order valence-corrected chi connectivity index (χ2v) is 6.83. The molecule has 0 bridgehead atoms. The molecule has 0 radical (unpaired) electrons. The fourth-order valence-electron chi connectivity index (χ4n) is 2.83. The van der Waals surface area contributed by atoms with Gasteiger partial charge in [0, 0.05) is 29.6 Å². The molecule has 0 aliphatic carbocycles. The summed E-state index contributed by atoms with van der Waals surface area (Å²) in [5, 5.41) is 13.1. The largest absolute Gasteiger partial charge is 0.381 e. The van der Waals surface area contributed by atoms with Crippen molar-refractivity contribution in [1.82, 2.24) is 9.88 Å². The molecule has 1 aromatic heterocycles. The Morgan fingerprint density at radius 2 is 1.85 bits per heavy atom. The predicted molar refractivity (Wildman–Crippen MR) is 105 cm³/mol. The second kappa shape index (κ2) is 8.25. The summed E-state index contributed by atoms with van der Waals surface area (Å²) in [5.41, 5.74) is 3.13. The van der Waals surface area contributed by atoms with Gasteiger partial charge < -0.3 is 10.0 Å². The average Bonchev–Trinajstić information content (AvgIpc) is 3.19. The van der Waals surface area contributed by atoms with Gasteiger partial charge in [0.2, 0.25) is 0 Å². The highest BCUT2D eigenvalue weighted by molar-refractivity contribution is 7.10. The number of amides is 1. The summed E-state index contributed by atoms with van der Waals surface area (Å²) in [7, 11) is 0. The summed E-state index contributed by atoms with van der Waals surface area (Å²) < 4.78 is 0. The Balaban J connectivity index is 1.86. The van der Waals surface area contributed by atoms with Crippen LogP contribution in [-0.4, -0.2) is 34.0 Å². The van der Waals surface area contributed by atoms with Gasteiger partial charge in [0.1, 0.15) is 11.1 Å². The number of hydrogen-bond acceptors (Lipinski definition) is 4. The smallest absolute Gasteiger partial charge is 0.253 e. The average molecular weight is 366 g/mol. The SMILES string of the molecule is CCN(CC)C(=O)c1cccc(-c2csc(C(O)c3ccccc3)n2)c1. The van der Waals surface area contributed by atoms with E-state index in [9.17, 15) is 9.90 Å². The van der Waals surface area contributed by atoms with Crippen molar-refractivity contribution in [2.75, 3.05) is 13.1 Å². The van der Waals surface area contributed by atoms with E-state index in [0.717, 1.165) is 16.8 Å². The van der Waals surface area contributed by atoms with Gasteiger partial charge in [0.15, 0.2) is 0 Å². The third kappa shape index (κ3) is 3.84. The molecule has 0 aliphatic heterocycles. The normalized spacial score (nSPS) is 12.0. The lowest BCUT2D eigenvalue weighted by Crippen LogP contribution is -2.30. The van der Waals surface area contributed by atoms with Crippen LogP contribution >= 0.6 is 11.3 Å². The Hall–Kier alpha value is -2.50. The van der Waals surface area contributed by atoms with Gasteiger partial charge in [-0.15, -0.1) is 11.3 Å². The van der Waals surface area contributed by atoms with E-state index in [1.165, 1.54) is 11.3 Å². The van der Waals surface area contributed by atoms with Gasteiger partial charge in [-0.1, -0.05) is 42.5 Å². The van der Waals surface area contributed by atoms with E-state index < -0.39 is 6.10 Å². The van der Waals surface area contributed by atoms with E-state index in [4.69, 9.17) is 0 Å². The van der Waals surface area contributed by atoms with Crippen molar-refractivity contribution in [3.8, 4) is 11.3 Å². The molecule has 3 rings (SSSR count). The highest BCUT2D eigenvalue weighted by atomic mass is 32.1. The van der Waals surface area contributed by atoms with Crippen LogP contribution in [-0.2, 0) is 0 Å². The molecule has 3 aromatic rings. The summed E-state index contributed by atoms with van der Waals surface area (Å²) in [6.45, 7) is 5.32. The van der Waals surface area contributed by atoms with Gasteiger partial charge in [-0.25, -0.2) is 4.98 Å². The fraction of sp³-hybridized carbons (Fsp3) is 0.238. The van der Waals surface area contributed by atoms with Crippen LogP contribution in [0, 0.1) is 0 Å². The highest BCUT2D eigenvalue weighted by Crippen LogP contribution is 2.29. The predicted octanol–water partition coefficient (Wildman–Crippen LogP) is 4.37. The molecule has 1 heterocycles. The Morgan fingerprint density at radius 3 is 2.54 bits per heavy atom. The molecule has 1 atom stereocenters. The van der Waals surface area contributed by atoms with Crippen LogP contribution in [0.1, 0.15) is 40.9 Å². The van der Waals surface area contributed by atoms with E-state index in [1.54, 1.807) is 4.90 Å². The lowest BCUT2D eigenvalue weighted by atomic mass is 10.1. The third-order valence-corrected chi connectivity index (χ3v) is 5.22. The number of carbonyl (C=O) groups excluding carboxylic acids is 1. The molecular formula is C21H22N2O2S. The topological polar surface area (TPSA) is 53.4 Å². The lowest BCUT2D eigenvalue weighted by Gasteiger charge is -2.18. The number of aliphatic hydroxyl groups is 1. The maximum Gasteiger partial charge on any atom is 0.253 e. The first-order valence-corrected chi connectivity index (χ1v) is 9.60. The van der Waals surface area contributed by atoms with Gasteiger partial charge in [-0.05, 0) is 31.5 Å². The number of aliphatic hydroxyl groups excluding tert-OH is 1. The van der Waals surface area contributed by atoms with Gasteiger partial charge in [-0.3, -0.25) is 4.79 Å². The summed E-state index contributed by atoms with van der Waals surface area (Å²) in [6, 6.07) is 17.0. The van der Waals surface area contributed by atoms with Gasteiger partial charge >= 0.3 is 0 Å². The van der Waals surface area contributed by atoms with Crippen molar-refractivity contribution in [2.45, 2.75) is 20.0 Å². The quantitative estimate of drug-likeness (QED) is 0.705. The number of aromatic nitrogens is 1. The Morgan fingerprint density at radius 1 is 1.12 bits per heavy atom. The zero-order valence-electron chi connectivity index (χ0n) is 14.9. The zero-order chi connectivity index (χ0) is 18.5. The van der Waals surface area contributed by atoms with Crippen molar-refractivity contribution in [3.63, 3.8) is 0 Å². The minimum atomic E-state index is -0.740. The van der Waals surface area contributed by atoms with Crippen molar-refractivity contribution >= 4 is 17.2 Å². The number of rotatable bonds is 6. The van der Waals surface area contributed by atoms with Crippen LogP contribution in [0.4, 0.5) is 0 Å². The van der Waals surface area contributed by atoms with E-state index >= 15 is 0 Å². The molecule has 1 unspecified atom stereocenters. The minimum Gasteiger partial charge on any atom is -0.381 e. The molecule has 134 valence electrons. The van der Waals surface area contributed by atoms with Crippen LogP contribution in [0.15, 0.2) is 60.0 Å². The van der Waals surface area contributed by atoms with Crippen molar-refractivity contribution in [1.29, 1.82) is 0 Å². The molecule has 2 aromatic carbocycles. The van der Waals surface area contributed by atoms with Crippen molar-refractivity contribution < 1.29 is 9.90 Å². The minimum absolute atomic E-state index is 0.0247. The van der Waals surface area contributed by atoms with Crippen molar-refractivity contribution in [2.24, 2.45) is 0 Å². The van der Waals surface area contributed by atoms with Crippen LogP contribution in [0.5, 0.6) is 0 Å². The first-order valence-electron chi connectivity index (χ1n) is 8.72. The van der Waals surface area contributed by atoms with Crippen LogP contribution in [0.3, 0.4) is 0 Å². The van der Waals surface area contributed by atoms with E-state index in [2.05, 4.69) is 4.98 Å². The summed E-state index contributed by atoms with van der Waals surface area (Å²) in [5.74, 6) is 0.0247. The number of thiazole rings is 1. The van der Waals surface area contributed by atoms with Gasteiger partial charge in [0.05, 0.1) is 5.69 Å². The third-order valence-electron chi connectivity index (χ3n) is 4.33. The van der Waals surface area contributed by atoms with Crippen LogP contribution in [0.2, 0.25) is 0 Å². The zero-order valence-corrected chi connectivity index (χ0v) is 15.7. The summed E-state index contributed by atoms with van der Waals surface area (Å²) >= 11 is 1.42. The first kappa shape index (κ1) is 18.3. The highest BCUT2D eigenvalue weighted by Gasteiger charge is 2.17. The van der Waals surface area contributed by atoms with E-state index in [-0.39, 0.29) is 5.91 Å². The molecule has 4 nitrogen and oxygen atoms in total. The molecule has 1 N–H and O–H groups in total. The number of hydrogen-bond donors (Lipinski definition) is 1. The van der Waals surface area contributed by atoms with Crippen LogP contribution in [0.25, 0.3) is 11.3 Å². The molecule has 0 fully saturated rings.